The van der Waals surface area contributed by atoms with Gasteiger partial charge >= 0.3 is 0 Å². The number of para-hydroxylation sites is 1. The molecule has 2 aromatic carbocycles. The van der Waals surface area contributed by atoms with Crippen molar-refractivity contribution in [3.8, 4) is 5.75 Å². The lowest BCUT2D eigenvalue weighted by molar-refractivity contribution is 0.0952. The van der Waals surface area contributed by atoms with Crippen LogP contribution < -0.4 is 20.7 Å². The van der Waals surface area contributed by atoms with E-state index in [9.17, 15) is 4.79 Å². The average molecular weight is 368 g/mol. The number of methoxy groups -OCH3 is 1. The standard InChI is InChI=1S/C21H28N4O2/c1-27-18-9-7-17(8-10-18)24-20-6-3-2-5-19(20)21(26)23-11-4-14-25-15-12-22-13-16-25/h2-3,5-10,22,24H,4,11-16H2,1H3,(H,23,26). The highest BCUT2D eigenvalue weighted by atomic mass is 16.5. The molecule has 3 N–H and O–H groups in total. The predicted molar refractivity (Wildman–Crippen MR) is 109 cm³/mol. The van der Waals surface area contributed by atoms with Crippen molar-refractivity contribution in [3.05, 3.63) is 54.1 Å². The molecule has 1 saturated heterocycles. The van der Waals surface area contributed by atoms with Crippen molar-refractivity contribution in [3.63, 3.8) is 0 Å². The molecule has 1 amide bonds. The van der Waals surface area contributed by atoms with Crippen LogP contribution in [0.1, 0.15) is 16.8 Å². The van der Waals surface area contributed by atoms with Gasteiger partial charge in [0.05, 0.1) is 18.4 Å². The normalized spacial score (nSPS) is 14.6. The van der Waals surface area contributed by atoms with Crippen LogP contribution in [0.5, 0.6) is 5.75 Å². The maximum absolute atomic E-state index is 12.6. The Morgan fingerprint density at radius 2 is 1.85 bits per heavy atom. The van der Waals surface area contributed by atoms with E-state index in [0.717, 1.165) is 56.3 Å². The summed E-state index contributed by atoms with van der Waals surface area (Å²) in [4.78, 5) is 15.0. The molecule has 0 radical (unpaired) electrons. The fraction of sp³-hybridized carbons (Fsp3) is 0.381. The van der Waals surface area contributed by atoms with Crippen LogP contribution in [0.15, 0.2) is 48.5 Å². The molecule has 0 saturated carbocycles. The first-order valence-electron chi connectivity index (χ1n) is 9.47. The molecule has 27 heavy (non-hydrogen) atoms. The fourth-order valence-electron chi connectivity index (χ4n) is 3.15. The van der Waals surface area contributed by atoms with Gasteiger partial charge in [0.25, 0.3) is 5.91 Å². The SMILES string of the molecule is COc1ccc(Nc2ccccc2C(=O)NCCCN2CCNCC2)cc1. The van der Waals surface area contributed by atoms with Gasteiger partial charge in [-0.25, -0.2) is 0 Å². The number of ether oxygens (including phenoxy) is 1. The van der Waals surface area contributed by atoms with E-state index in [1.165, 1.54) is 0 Å². The molecule has 3 rings (SSSR count). The molecule has 0 atom stereocenters. The maximum Gasteiger partial charge on any atom is 0.253 e. The van der Waals surface area contributed by atoms with Crippen molar-refractivity contribution in [2.75, 3.05) is 51.7 Å². The van der Waals surface area contributed by atoms with Crippen LogP contribution in [0.25, 0.3) is 0 Å². The Morgan fingerprint density at radius 1 is 1.11 bits per heavy atom. The summed E-state index contributed by atoms with van der Waals surface area (Å²) in [5, 5.41) is 9.71. The second-order valence-corrected chi connectivity index (χ2v) is 6.60. The van der Waals surface area contributed by atoms with Crippen molar-refractivity contribution >= 4 is 17.3 Å². The zero-order valence-electron chi connectivity index (χ0n) is 15.8. The lowest BCUT2D eigenvalue weighted by Gasteiger charge is -2.27. The van der Waals surface area contributed by atoms with Crippen molar-refractivity contribution in [1.29, 1.82) is 0 Å². The molecular formula is C21H28N4O2. The van der Waals surface area contributed by atoms with Crippen molar-refractivity contribution in [2.24, 2.45) is 0 Å². The van der Waals surface area contributed by atoms with E-state index in [2.05, 4.69) is 20.9 Å². The zero-order chi connectivity index (χ0) is 18.9. The van der Waals surface area contributed by atoms with Crippen LogP contribution in [0, 0.1) is 0 Å². The zero-order valence-corrected chi connectivity index (χ0v) is 15.8. The number of nitrogens with one attached hydrogen (secondary N) is 3. The average Bonchev–Trinajstić information content (AvgIpc) is 2.73. The Morgan fingerprint density at radius 3 is 2.59 bits per heavy atom. The third-order valence-corrected chi connectivity index (χ3v) is 4.69. The van der Waals surface area contributed by atoms with E-state index in [4.69, 9.17) is 4.74 Å². The Hall–Kier alpha value is -2.57. The Labute approximate surface area is 160 Å². The highest BCUT2D eigenvalue weighted by Crippen LogP contribution is 2.22. The summed E-state index contributed by atoms with van der Waals surface area (Å²) in [6.45, 7) is 5.98. The van der Waals surface area contributed by atoms with Crippen molar-refractivity contribution < 1.29 is 9.53 Å². The summed E-state index contributed by atoms with van der Waals surface area (Å²) in [7, 11) is 1.64. The molecule has 6 heteroatoms. The molecule has 0 aromatic heterocycles. The summed E-state index contributed by atoms with van der Waals surface area (Å²) < 4.78 is 5.18. The van der Waals surface area contributed by atoms with Gasteiger partial charge in [0, 0.05) is 38.4 Å². The van der Waals surface area contributed by atoms with Gasteiger partial charge in [-0.15, -0.1) is 0 Å². The molecular weight excluding hydrogens is 340 g/mol. The molecule has 1 aliphatic heterocycles. The highest BCUT2D eigenvalue weighted by molar-refractivity contribution is 6.00. The summed E-state index contributed by atoms with van der Waals surface area (Å²) >= 11 is 0. The van der Waals surface area contributed by atoms with E-state index in [-0.39, 0.29) is 5.91 Å². The topological polar surface area (TPSA) is 65.6 Å². The molecule has 0 bridgehead atoms. The van der Waals surface area contributed by atoms with Crippen molar-refractivity contribution in [1.82, 2.24) is 15.5 Å². The molecule has 2 aromatic rings. The maximum atomic E-state index is 12.6. The van der Waals surface area contributed by atoms with Gasteiger partial charge in [-0.1, -0.05) is 12.1 Å². The summed E-state index contributed by atoms with van der Waals surface area (Å²) in [5.41, 5.74) is 2.35. The molecule has 6 nitrogen and oxygen atoms in total. The lowest BCUT2D eigenvalue weighted by Crippen LogP contribution is -2.44. The molecule has 0 spiro atoms. The fourth-order valence-corrected chi connectivity index (χ4v) is 3.15. The quantitative estimate of drug-likeness (QED) is 0.625. The van der Waals surface area contributed by atoms with Crippen molar-refractivity contribution in [2.45, 2.75) is 6.42 Å². The second-order valence-electron chi connectivity index (χ2n) is 6.60. The number of hydrogen-bond acceptors (Lipinski definition) is 5. The van der Waals surface area contributed by atoms with Gasteiger partial charge in [-0.3, -0.25) is 4.79 Å². The van der Waals surface area contributed by atoms with Crippen LogP contribution >= 0.6 is 0 Å². The number of benzene rings is 2. The van der Waals surface area contributed by atoms with E-state index < -0.39 is 0 Å². The van der Waals surface area contributed by atoms with E-state index in [1.54, 1.807) is 7.11 Å². The smallest absolute Gasteiger partial charge is 0.253 e. The van der Waals surface area contributed by atoms with Crippen LogP contribution in [-0.2, 0) is 0 Å². The molecule has 1 heterocycles. The first-order valence-corrected chi connectivity index (χ1v) is 9.47. The Kier molecular flexibility index (Phi) is 7.07. The largest absolute Gasteiger partial charge is 0.497 e. The minimum absolute atomic E-state index is 0.0491. The minimum Gasteiger partial charge on any atom is -0.497 e. The number of rotatable bonds is 8. The van der Waals surface area contributed by atoms with Gasteiger partial charge in [-0.2, -0.15) is 0 Å². The van der Waals surface area contributed by atoms with Gasteiger partial charge in [0.2, 0.25) is 0 Å². The molecule has 0 aliphatic carbocycles. The first kappa shape index (κ1) is 19.2. The van der Waals surface area contributed by atoms with E-state index in [1.807, 2.05) is 48.5 Å². The first-order chi connectivity index (χ1) is 13.3. The second kappa shape index (κ2) is 9.94. The summed E-state index contributed by atoms with van der Waals surface area (Å²) in [6.07, 6.45) is 0.958. The number of piperazine rings is 1. The molecule has 144 valence electrons. The molecule has 1 fully saturated rings. The third-order valence-electron chi connectivity index (χ3n) is 4.69. The Balaban J connectivity index is 1.53. The van der Waals surface area contributed by atoms with Crippen LogP contribution in [-0.4, -0.2) is 57.2 Å². The number of hydrogen-bond donors (Lipinski definition) is 3. The Bertz CT molecular complexity index is 727. The monoisotopic (exact) mass is 368 g/mol. The molecule has 1 aliphatic rings. The predicted octanol–water partition coefficient (Wildman–Crippen LogP) is 2.46. The van der Waals surface area contributed by atoms with E-state index in [0.29, 0.717) is 12.1 Å². The lowest BCUT2D eigenvalue weighted by atomic mass is 10.1. The number of amides is 1. The van der Waals surface area contributed by atoms with Gasteiger partial charge < -0.3 is 25.6 Å². The van der Waals surface area contributed by atoms with Gasteiger partial charge in [0.1, 0.15) is 5.75 Å². The minimum atomic E-state index is -0.0491. The van der Waals surface area contributed by atoms with Gasteiger partial charge in [-0.05, 0) is 49.4 Å². The number of carbonyl (C=O) groups is 1. The van der Waals surface area contributed by atoms with Crippen LogP contribution in [0.4, 0.5) is 11.4 Å². The molecule has 0 unspecified atom stereocenters. The highest BCUT2D eigenvalue weighted by Gasteiger charge is 2.12. The summed E-state index contributed by atoms with van der Waals surface area (Å²) in [6, 6.07) is 15.2. The van der Waals surface area contributed by atoms with Gasteiger partial charge in [0.15, 0.2) is 0 Å². The van der Waals surface area contributed by atoms with E-state index >= 15 is 0 Å². The third kappa shape index (κ3) is 5.70. The number of nitrogens with zero attached hydrogens (tertiary/aromatic N) is 1. The summed E-state index contributed by atoms with van der Waals surface area (Å²) in [5.74, 6) is 0.753. The van der Waals surface area contributed by atoms with Crippen LogP contribution in [0.3, 0.4) is 0 Å². The van der Waals surface area contributed by atoms with Crippen LogP contribution in [0.2, 0.25) is 0 Å². The number of anilines is 2. The number of carbonyl (C=O) groups excluding carboxylic acids is 1.